The van der Waals surface area contributed by atoms with Gasteiger partial charge in [-0.2, -0.15) is 0 Å². The number of hydrogen-bond acceptors (Lipinski definition) is 0. The number of unbranched alkanes of at least 4 members (excludes halogenated alkanes) is 25. The van der Waals surface area contributed by atoms with Crippen LogP contribution < -0.4 is 4.57 Å². The van der Waals surface area contributed by atoms with Gasteiger partial charge < -0.3 is 0 Å². The summed E-state index contributed by atoms with van der Waals surface area (Å²) in [5.41, 5.74) is 0. The van der Waals surface area contributed by atoms with Gasteiger partial charge in [0, 0.05) is 0 Å². The Hall–Kier alpha value is -0.790. The summed E-state index contributed by atoms with van der Waals surface area (Å²) in [7, 11) is 0. The Morgan fingerprint density at radius 3 is 1.14 bits per heavy atom. The molecule has 0 aliphatic rings. The molecular formula is C40H79N2+. The van der Waals surface area contributed by atoms with E-state index < -0.39 is 0 Å². The Morgan fingerprint density at radius 2 is 0.762 bits per heavy atom. The predicted octanol–water partition coefficient (Wildman–Crippen LogP) is 14.1. The first-order chi connectivity index (χ1) is 20.7. The quantitative estimate of drug-likeness (QED) is 0.0623. The van der Waals surface area contributed by atoms with Crippen molar-refractivity contribution in [3.05, 3.63) is 18.2 Å². The lowest BCUT2D eigenvalue weighted by atomic mass is 9.93. The van der Waals surface area contributed by atoms with E-state index in [9.17, 15) is 0 Å². The fourth-order valence-corrected chi connectivity index (χ4v) is 6.96. The fourth-order valence-electron chi connectivity index (χ4n) is 6.96. The molecule has 2 atom stereocenters. The number of rotatable bonds is 33. The third-order valence-corrected chi connectivity index (χ3v) is 9.89. The summed E-state index contributed by atoms with van der Waals surface area (Å²) in [5, 5.41) is 0. The van der Waals surface area contributed by atoms with Crippen LogP contribution in [0.4, 0.5) is 0 Å². The lowest BCUT2D eigenvalue weighted by Crippen LogP contribution is -2.41. The monoisotopic (exact) mass is 588 g/mol. The highest BCUT2D eigenvalue weighted by atomic mass is 15.1. The maximum Gasteiger partial charge on any atom is 0.257 e. The SMILES string of the molecule is CCCCCCCCCCCCCCCCCC(C)[n+]1cc[nH]c1C(CCCCCC)CCCCCCCCCCC. The maximum absolute atomic E-state index is 3.73. The predicted molar refractivity (Wildman–Crippen MR) is 189 cm³/mol. The Bertz CT molecular complexity index is 650. The van der Waals surface area contributed by atoms with Crippen molar-refractivity contribution >= 4 is 0 Å². The molecule has 0 saturated carbocycles. The summed E-state index contributed by atoms with van der Waals surface area (Å²) in [4.78, 5) is 3.73. The number of nitrogens with one attached hydrogen (secondary N) is 1. The second-order valence-electron chi connectivity index (χ2n) is 14.0. The lowest BCUT2D eigenvalue weighted by Gasteiger charge is -2.17. The van der Waals surface area contributed by atoms with Gasteiger partial charge in [0.1, 0.15) is 12.4 Å². The zero-order valence-corrected chi connectivity index (χ0v) is 29.7. The van der Waals surface area contributed by atoms with Crippen LogP contribution in [0.2, 0.25) is 0 Å². The van der Waals surface area contributed by atoms with Gasteiger partial charge in [0.25, 0.3) is 5.82 Å². The minimum absolute atomic E-state index is 0.620. The average molecular weight is 588 g/mol. The van der Waals surface area contributed by atoms with E-state index in [1.54, 1.807) is 0 Å². The molecule has 1 N–H and O–H groups in total. The highest BCUT2D eigenvalue weighted by molar-refractivity contribution is 4.90. The number of aromatic amines is 1. The van der Waals surface area contributed by atoms with Crippen LogP contribution in [-0.4, -0.2) is 4.98 Å². The van der Waals surface area contributed by atoms with Gasteiger partial charge in [-0.15, -0.1) is 0 Å². The summed E-state index contributed by atoms with van der Waals surface area (Å²) in [6.07, 6.45) is 48.7. The van der Waals surface area contributed by atoms with Crippen LogP contribution in [0.5, 0.6) is 0 Å². The van der Waals surface area contributed by atoms with Gasteiger partial charge in [-0.25, -0.2) is 9.55 Å². The Labute approximate surface area is 266 Å². The molecule has 1 heterocycles. The second kappa shape index (κ2) is 30.2. The van der Waals surface area contributed by atoms with E-state index >= 15 is 0 Å². The van der Waals surface area contributed by atoms with E-state index in [1.807, 2.05) is 0 Å². The van der Waals surface area contributed by atoms with Crippen molar-refractivity contribution in [1.82, 2.24) is 4.98 Å². The summed E-state index contributed by atoms with van der Waals surface area (Å²) in [6.45, 7) is 9.42. The number of imidazole rings is 1. The van der Waals surface area contributed by atoms with Crippen molar-refractivity contribution < 1.29 is 4.57 Å². The summed E-state index contributed by atoms with van der Waals surface area (Å²) >= 11 is 0. The van der Waals surface area contributed by atoms with Gasteiger partial charge in [0.2, 0.25) is 0 Å². The van der Waals surface area contributed by atoms with Crippen LogP contribution in [0.1, 0.15) is 245 Å². The van der Waals surface area contributed by atoms with Crippen molar-refractivity contribution in [2.24, 2.45) is 0 Å². The van der Waals surface area contributed by atoms with E-state index in [0.29, 0.717) is 12.0 Å². The third kappa shape index (κ3) is 21.8. The molecule has 0 bridgehead atoms. The molecular weight excluding hydrogens is 508 g/mol. The zero-order chi connectivity index (χ0) is 30.4. The smallest absolute Gasteiger partial charge is 0.247 e. The molecule has 248 valence electrons. The largest absolute Gasteiger partial charge is 0.257 e. The normalized spacial score (nSPS) is 13.1. The van der Waals surface area contributed by atoms with Crippen LogP contribution in [0.3, 0.4) is 0 Å². The number of H-pyrrole nitrogens is 1. The Balaban J connectivity index is 2.25. The fraction of sp³-hybridized carbons (Fsp3) is 0.925. The Morgan fingerprint density at radius 1 is 0.452 bits per heavy atom. The number of aromatic nitrogens is 2. The first-order valence-corrected chi connectivity index (χ1v) is 19.8. The van der Waals surface area contributed by atoms with Gasteiger partial charge in [0.05, 0.1) is 12.0 Å². The molecule has 0 aromatic carbocycles. The van der Waals surface area contributed by atoms with Gasteiger partial charge in [-0.3, -0.25) is 0 Å². The summed E-state index contributed by atoms with van der Waals surface area (Å²) < 4.78 is 2.63. The molecule has 0 fully saturated rings. The number of nitrogens with zero attached hydrogens (tertiary/aromatic N) is 1. The number of hydrogen-bond donors (Lipinski definition) is 1. The van der Waals surface area contributed by atoms with Crippen molar-refractivity contribution in [2.45, 2.75) is 239 Å². The highest BCUT2D eigenvalue weighted by Crippen LogP contribution is 2.27. The summed E-state index contributed by atoms with van der Waals surface area (Å²) in [6, 6.07) is 0.620. The minimum atomic E-state index is 0.620. The molecule has 1 aromatic heterocycles. The van der Waals surface area contributed by atoms with Crippen LogP contribution >= 0.6 is 0 Å². The molecule has 0 amide bonds. The van der Waals surface area contributed by atoms with Crippen molar-refractivity contribution in [3.63, 3.8) is 0 Å². The van der Waals surface area contributed by atoms with Gasteiger partial charge >= 0.3 is 0 Å². The third-order valence-electron chi connectivity index (χ3n) is 9.89. The van der Waals surface area contributed by atoms with E-state index in [2.05, 4.69) is 49.6 Å². The molecule has 2 unspecified atom stereocenters. The van der Waals surface area contributed by atoms with E-state index in [4.69, 9.17) is 0 Å². The topological polar surface area (TPSA) is 19.7 Å². The van der Waals surface area contributed by atoms with Crippen molar-refractivity contribution in [1.29, 1.82) is 0 Å². The molecule has 0 aliphatic heterocycles. The highest BCUT2D eigenvalue weighted by Gasteiger charge is 2.25. The van der Waals surface area contributed by atoms with Gasteiger partial charge in [0.15, 0.2) is 0 Å². The molecule has 0 aliphatic carbocycles. The second-order valence-corrected chi connectivity index (χ2v) is 14.0. The molecule has 1 rings (SSSR count). The average Bonchev–Trinajstić information content (AvgIpc) is 3.49. The van der Waals surface area contributed by atoms with E-state index in [1.165, 1.54) is 205 Å². The first kappa shape index (κ1) is 39.2. The molecule has 2 heteroatoms. The van der Waals surface area contributed by atoms with E-state index in [-0.39, 0.29) is 0 Å². The van der Waals surface area contributed by atoms with Crippen molar-refractivity contribution in [3.8, 4) is 0 Å². The van der Waals surface area contributed by atoms with E-state index in [0.717, 1.165) is 0 Å². The molecule has 1 aromatic rings. The van der Waals surface area contributed by atoms with Crippen molar-refractivity contribution in [2.75, 3.05) is 0 Å². The molecule has 2 nitrogen and oxygen atoms in total. The summed E-state index contributed by atoms with van der Waals surface area (Å²) in [5.74, 6) is 2.24. The maximum atomic E-state index is 3.73. The van der Waals surface area contributed by atoms with Crippen LogP contribution in [-0.2, 0) is 0 Å². The van der Waals surface area contributed by atoms with Crippen LogP contribution in [0.15, 0.2) is 12.4 Å². The van der Waals surface area contributed by atoms with Crippen LogP contribution in [0, 0.1) is 0 Å². The van der Waals surface area contributed by atoms with Gasteiger partial charge in [-0.05, 0) is 32.6 Å². The molecule has 0 radical (unpaired) electrons. The van der Waals surface area contributed by atoms with Gasteiger partial charge in [-0.1, -0.05) is 194 Å². The first-order valence-electron chi connectivity index (χ1n) is 19.8. The van der Waals surface area contributed by atoms with Crippen LogP contribution in [0.25, 0.3) is 0 Å². The standard InChI is InChI=1S/C40H78N2/c1-5-8-11-14-16-18-19-20-21-22-23-25-26-28-30-33-38(4)42-37-36-41-40(42)39(34-31-13-10-7-3)35-32-29-27-24-17-15-12-9-6-2/h36-39H,5-35H2,1-4H3/p+1. The molecule has 0 spiro atoms. The zero-order valence-electron chi connectivity index (χ0n) is 29.7. The lowest BCUT2D eigenvalue weighted by molar-refractivity contribution is -0.727. The molecule has 0 saturated heterocycles. The minimum Gasteiger partial charge on any atom is -0.247 e. The molecule has 42 heavy (non-hydrogen) atoms. The Kier molecular flexibility index (Phi) is 28.3.